The molecule has 5 rings (SSSR count). The van der Waals surface area contributed by atoms with Crippen molar-refractivity contribution in [2.75, 3.05) is 39.5 Å². The molecule has 1 atom stereocenters. The summed E-state index contributed by atoms with van der Waals surface area (Å²) >= 11 is 12.3. The molecule has 0 fully saturated rings. The molecule has 0 saturated carbocycles. The molecule has 4 aromatic rings. The summed E-state index contributed by atoms with van der Waals surface area (Å²) in [6, 6.07) is 19.6. The third kappa shape index (κ3) is 6.52. The summed E-state index contributed by atoms with van der Waals surface area (Å²) in [5.74, 6) is 1.07. The van der Waals surface area contributed by atoms with Crippen LogP contribution in [-0.2, 0) is 6.42 Å². The van der Waals surface area contributed by atoms with Crippen LogP contribution in [0.4, 0.5) is 4.79 Å². The number of carbonyl (C=O) groups is 1. The van der Waals surface area contributed by atoms with Gasteiger partial charge in [0, 0.05) is 33.2 Å². The number of aromatic amines is 1. The highest BCUT2D eigenvalue weighted by Gasteiger charge is 2.36. The second-order valence-corrected chi connectivity index (χ2v) is 11.2. The van der Waals surface area contributed by atoms with E-state index in [1.807, 2.05) is 42.5 Å². The van der Waals surface area contributed by atoms with Crippen LogP contribution >= 0.6 is 23.2 Å². The van der Waals surface area contributed by atoms with E-state index in [-0.39, 0.29) is 19.8 Å². The second kappa shape index (κ2) is 13.3. The van der Waals surface area contributed by atoms with Crippen molar-refractivity contribution in [3.05, 3.63) is 93.6 Å². The van der Waals surface area contributed by atoms with Crippen molar-refractivity contribution in [1.29, 1.82) is 0 Å². The molecule has 5 N–H and O–H groups in total. The number of aliphatic hydroxyl groups excluding tert-OH is 3. The third-order valence-corrected chi connectivity index (χ3v) is 8.02. The number of hydrogen-bond donors (Lipinski definition) is 5. The summed E-state index contributed by atoms with van der Waals surface area (Å²) in [7, 11) is 0. The predicted molar refractivity (Wildman–Crippen MR) is 162 cm³/mol. The first-order valence-corrected chi connectivity index (χ1v) is 14.5. The minimum Gasteiger partial charge on any atom is -0.494 e. The summed E-state index contributed by atoms with van der Waals surface area (Å²) in [5, 5.41) is 33.5. The van der Waals surface area contributed by atoms with Gasteiger partial charge in [0.15, 0.2) is 0 Å². The molecular weight excluding hydrogens is 581 g/mol. The number of nitrogens with zero attached hydrogens (tertiary/aromatic N) is 1. The highest BCUT2D eigenvalue weighted by atomic mass is 35.5. The number of amides is 1. The van der Waals surface area contributed by atoms with E-state index < -0.39 is 17.7 Å². The van der Waals surface area contributed by atoms with E-state index in [1.165, 1.54) is 0 Å². The molecular formula is C31H33Cl2N3O6. The van der Waals surface area contributed by atoms with Crippen molar-refractivity contribution in [3.63, 3.8) is 0 Å². The fourth-order valence-electron chi connectivity index (χ4n) is 5.15. The summed E-state index contributed by atoms with van der Waals surface area (Å²) < 4.78 is 11.6. The molecule has 2 heterocycles. The fraction of sp³-hybridized carbons (Fsp3) is 0.323. The highest BCUT2D eigenvalue weighted by molar-refractivity contribution is 6.31. The van der Waals surface area contributed by atoms with Crippen LogP contribution in [0.3, 0.4) is 0 Å². The van der Waals surface area contributed by atoms with Crippen molar-refractivity contribution in [1.82, 2.24) is 15.2 Å². The van der Waals surface area contributed by atoms with Gasteiger partial charge < -0.3 is 35.1 Å². The number of benzene rings is 3. The molecule has 0 saturated heterocycles. The summed E-state index contributed by atoms with van der Waals surface area (Å²) in [6.45, 7) is 0.156. The van der Waals surface area contributed by atoms with Gasteiger partial charge in [-0.2, -0.15) is 0 Å². The molecule has 1 amide bonds. The Bertz CT molecular complexity index is 1500. The van der Waals surface area contributed by atoms with Gasteiger partial charge in [-0.25, -0.2) is 4.79 Å². The van der Waals surface area contributed by atoms with E-state index in [1.54, 1.807) is 29.2 Å². The average Bonchev–Trinajstić information content (AvgIpc) is 3.38. The van der Waals surface area contributed by atoms with Crippen LogP contribution in [0.15, 0.2) is 66.7 Å². The number of halogens is 2. The number of aromatic nitrogens is 1. The van der Waals surface area contributed by atoms with Crippen molar-refractivity contribution in [2.45, 2.75) is 24.4 Å². The van der Waals surface area contributed by atoms with Gasteiger partial charge in [0.1, 0.15) is 17.5 Å². The molecule has 9 nitrogen and oxygen atoms in total. The van der Waals surface area contributed by atoms with Crippen molar-refractivity contribution < 1.29 is 29.6 Å². The molecule has 42 heavy (non-hydrogen) atoms. The molecule has 1 aliphatic rings. The topological polar surface area (TPSA) is 127 Å². The molecule has 1 aliphatic heterocycles. The SMILES string of the molecule is O=C(Oc1ccc(Cl)cc1)N1CCc2c([nH]c3ccc(Cl)cc23)[C@@H]1c1ccc(OCCCNC(CO)(CO)CO)cc1. The van der Waals surface area contributed by atoms with Crippen LogP contribution in [0.25, 0.3) is 10.9 Å². The largest absolute Gasteiger partial charge is 0.494 e. The zero-order valence-corrected chi connectivity index (χ0v) is 24.4. The van der Waals surface area contributed by atoms with Crippen molar-refractivity contribution in [3.8, 4) is 11.5 Å². The standard InChI is InChI=1S/C31H33Cl2N3O6/c32-21-4-9-24(10-5-21)42-30(40)36-14-12-25-26-16-22(33)6-11-27(26)35-28(25)29(36)20-2-7-23(8-3-20)41-15-1-13-34-31(17-37,18-38)19-39/h2-11,16,29,34-35,37-39H,1,12-15,17-19H2/t29-/m0/s1. The first-order valence-electron chi connectivity index (χ1n) is 13.7. The number of fused-ring (bicyclic) bond motifs is 3. The number of H-pyrrole nitrogens is 1. The number of rotatable bonds is 11. The number of nitrogens with one attached hydrogen (secondary N) is 2. The molecule has 1 aromatic heterocycles. The van der Waals surface area contributed by atoms with Gasteiger partial charge in [0.2, 0.25) is 0 Å². The lowest BCUT2D eigenvalue weighted by molar-refractivity contribution is 0.0419. The molecule has 0 spiro atoms. The van der Waals surface area contributed by atoms with E-state index in [4.69, 9.17) is 32.7 Å². The lowest BCUT2D eigenvalue weighted by Crippen LogP contribution is -2.55. The molecule has 11 heteroatoms. The maximum atomic E-state index is 13.5. The first kappa shape index (κ1) is 30.2. The Hall–Kier alpha value is -3.31. The van der Waals surface area contributed by atoms with Crippen LogP contribution in [-0.4, -0.2) is 76.4 Å². The van der Waals surface area contributed by atoms with Crippen LogP contribution in [0, 0.1) is 0 Å². The van der Waals surface area contributed by atoms with Gasteiger partial charge in [-0.05, 0) is 85.1 Å². The van der Waals surface area contributed by atoms with Crippen LogP contribution in [0.1, 0.15) is 29.3 Å². The quantitative estimate of drug-likeness (QED) is 0.155. The molecule has 0 radical (unpaired) electrons. The minimum atomic E-state index is -1.12. The van der Waals surface area contributed by atoms with Gasteiger partial charge in [0.25, 0.3) is 0 Å². The van der Waals surface area contributed by atoms with E-state index in [9.17, 15) is 20.1 Å². The number of ether oxygens (including phenoxy) is 2. The van der Waals surface area contributed by atoms with Crippen LogP contribution in [0.2, 0.25) is 10.0 Å². The lowest BCUT2D eigenvalue weighted by Gasteiger charge is -2.35. The first-order chi connectivity index (χ1) is 20.4. The van der Waals surface area contributed by atoms with E-state index in [0.29, 0.717) is 54.1 Å². The Morgan fingerprint density at radius 2 is 1.62 bits per heavy atom. The van der Waals surface area contributed by atoms with Gasteiger partial charge in [0.05, 0.1) is 32.0 Å². The minimum absolute atomic E-state index is 0.376. The monoisotopic (exact) mass is 613 g/mol. The molecule has 0 aliphatic carbocycles. The van der Waals surface area contributed by atoms with E-state index in [2.05, 4.69) is 10.3 Å². The second-order valence-electron chi connectivity index (χ2n) is 10.3. The summed E-state index contributed by atoms with van der Waals surface area (Å²) in [6.07, 6.45) is 0.765. The number of carbonyl (C=O) groups excluding carboxylic acids is 1. The van der Waals surface area contributed by atoms with Crippen molar-refractivity contribution in [2.24, 2.45) is 0 Å². The van der Waals surface area contributed by atoms with Crippen molar-refractivity contribution >= 4 is 40.2 Å². The summed E-state index contributed by atoms with van der Waals surface area (Å²) in [5.41, 5.74) is 2.74. The van der Waals surface area contributed by atoms with Crippen LogP contribution < -0.4 is 14.8 Å². The Kier molecular flexibility index (Phi) is 9.57. The highest BCUT2D eigenvalue weighted by Crippen LogP contribution is 2.40. The average molecular weight is 615 g/mol. The normalized spacial score (nSPS) is 15.1. The van der Waals surface area contributed by atoms with Gasteiger partial charge in [-0.1, -0.05) is 35.3 Å². The zero-order valence-electron chi connectivity index (χ0n) is 22.9. The van der Waals surface area contributed by atoms with E-state index >= 15 is 0 Å². The van der Waals surface area contributed by atoms with E-state index in [0.717, 1.165) is 27.7 Å². The summed E-state index contributed by atoms with van der Waals surface area (Å²) in [4.78, 5) is 18.7. The lowest BCUT2D eigenvalue weighted by atomic mass is 9.92. The molecule has 222 valence electrons. The Morgan fingerprint density at radius 1 is 0.952 bits per heavy atom. The zero-order chi connectivity index (χ0) is 29.7. The Labute approximate surface area is 253 Å². The molecule has 3 aromatic carbocycles. The maximum Gasteiger partial charge on any atom is 0.416 e. The smallest absolute Gasteiger partial charge is 0.416 e. The van der Waals surface area contributed by atoms with Gasteiger partial charge in [-0.3, -0.25) is 4.90 Å². The van der Waals surface area contributed by atoms with Crippen LogP contribution in [0.5, 0.6) is 11.5 Å². The fourth-order valence-corrected chi connectivity index (χ4v) is 5.44. The Morgan fingerprint density at radius 3 is 2.31 bits per heavy atom. The third-order valence-electron chi connectivity index (χ3n) is 7.54. The molecule has 0 unspecified atom stereocenters. The number of aliphatic hydroxyl groups is 3. The Balaban J connectivity index is 1.34. The predicted octanol–water partition coefficient (Wildman–Crippen LogP) is 4.70. The molecule has 0 bridgehead atoms. The van der Waals surface area contributed by atoms with Gasteiger partial charge >= 0.3 is 6.09 Å². The van der Waals surface area contributed by atoms with Gasteiger partial charge in [-0.15, -0.1) is 0 Å². The number of hydrogen-bond acceptors (Lipinski definition) is 7. The maximum absolute atomic E-state index is 13.5.